The molecule has 1 unspecified atom stereocenters. The highest BCUT2D eigenvalue weighted by molar-refractivity contribution is 7.96. The molecule has 1 aromatic heterocycles. The molecule has 11 heteroatoms. The van der Waals surface area contributed by atoms with E-state index in [-0.39, 0.29) is 11.9 Å². The lowest BCUT2D eigenvalue weighted by Gasteiger charge is -2.09. The third kappa shape index (κ3) is 3.46. The Bertz CT molecular complexity index is 656. The van der Waals surface area contributed by atoms with Gasteiger partial charge in [-0.05, 0) is 24.3 Å². The van der Waals surface area contributed by atoms with E-state index in [1.807, 2.05) is 0 Å². The van der Waals surface area contributed by atoms with E-state index in [1.165, 1.54) is 0 Å². The Morgan fingerprint density at radius 1 is 1.35 bits per heavy atom. The first-order chi connectivity index (χ1) is 9.45. The molecule has 0 saturated heterocycles. The number of thiol groups is 1. The molecular formula is C9H9N6O3S2-. The smallest absolute Gasteiger partial charge is 0.306 e. The van der Waals surface area contributed by atoms with Crippen LogP contribution in [0.25, 0.3) is 0 Å². The van der Waals surface area contributed by atoms with Gasteiger partial charge in [0.15, 0.2) is 0 Å². The van der Waals surface area contributed by atoms with Crippen LogP contribution < -0.4 is 15.8 Å². The van der Waals surface area contributed by atoms with Gasteiger partial charge in [-0.2, -0.15) is 9.67 Å². The molecule has 1 aromatic carbocycles. The Hall–Kier alpha value is -2.11. The number of nitrogens with one attached hydrogen (secondary N) is 2. The Kier molecular flexibility index (Phi) is 4.22. The number of carbonyl (C=O) groups is 1. The molecule has 0 spiro atoms. The maximum Gasteiger partial charge on any atom is 0.306 e. The summed E-state index contributed by atoms with van der Waals surface area (Å²) >= 11 is 1.21. The second kappa shape index (κ2) is 5.90. The molecular weight excluding hydrogens is 304 g/mol. The number of benzene rings is 1. The van der Waals surface area contributed by atoms with Crippen LogP contribution in [0, 0.1) is 0 Å². The fourth-order valence-corrected chi connectivity index (χ4v) is 1.84. The summed E-state index contributed by atoms with van der Waals surface area (Å²) < 4.78 is 23.9. The average molecular weight is 313 g/mol. The second-order valence-electron chi connectivity index (χ2n) is 3.53. The molecule has 20 heavy (non-hydrogen) atoms. The van der Waals surface area contributed by atoms with Crippen LogP contribution in [0.15, 0.2) is 24.3 Å². The van der Waals surface area contributed by atoms with Crippen LogP contribution in [0.1, 0.15) is 0 Å². The van der Waals surface area contributed by atoms with Gasteiger partial charge in [-0.1, -0.05) is 12.6 Å². The minimum atomic E-state index is -2.38. The average Bonchev–Trinajstić information content (AvgIpc) is 2.72. The molecule has 106 valence electrons. The monoisotopic (exact) mass is 313 g/mol. The van der Waals surface area contributed by atoms with E-state index in [4.69, 9.17) is 5.73 Å². The summed E-state index contributed by atoms with van der Waals surface area (Å²) in [6.07, 6.45) is 0. The van der Waals surface area contributed by atoms with Gasteiger partial charge in [0.25, 0.3) is 0 Å². The summed E-state index contributed by atoms with van der Waals surface area (Å²) in [5.41, 5.74) is 6.48. The van der Waals surface area contributed by atoms with Gasteiger partial charge in [0.05, 0.1) is 0 Å². The Morgan fingerprint density at radius 3 is 2.45 bits per heavy atom. The molecule has 0 fully saturated rings. The molecule has 0 aliphatic rings. The maximum atomic E-state index is 11.0. The highest BCUT2D eigenvalue weighted by atomic mass is 32.2. The zero-order valence-electron chi connectivity index (χ0n) is 9.81. The van der Waals surface area contributed by atoms with Crippen LogP contribution >= 0.6 is 12.6 Å². The highest BCUT2D eigenvalue weighted by Crippen LogP contribution is 2.17. The van der Waals surface area contributed by atoms with Crippen LogP contribution in [0.5, 0.6) is 0 Å². The van der Waals surface area contributed by atoms with Crippen molar-refractivity contribution in [2.45, 2.75) is 0 Å². The van der Waals surface area contributed by atoms with Gasteiger partial charge in [0.2, 0.25) is 11.9 Å². The lowest BCUT2D eigenvalue weighted by atomic mass is 10.3. The topological polar surface area (TPSA) is 138 Å². The van der Waals surface area contributed by atoms with Crippen molar-refractivity contribution in [3.8, 4) is 0 Å². The SMILES string of the molecule is Nc1nc(Nc2ccc(NS(=O)[O-])cc2)nn1C(=O)S. The van der Waals surface area contributed by atoms with E-state index < -0.39 is 16.5 Å². The number of rotatable bonds is 4. The summed E-state index contributed by atoms with van der Waals surface area (Å²) in [5.74, 6) is 0.0329. The first kappa shape index (κ1) is 14.3. The number of anilines is 4. The fourth-order valence-electron chi connectivity index (χ4n) is 1.36. The summed E-state index contributed by atoms with van der Waals surface area (Å²) in [5, 5.41) is 5.96. The largest absolute Gasteiger partial charge is 0.755 e. The molecule has 4 N–H and O–H groups in total. The zero-order chi connectivity index (χ0) is 14.7. The van der Waals surface area contributed by atoms with Gasteiger partial charge in [-0.3, -0.25) is 9.00 Å². The van der Waals surface area contributed by atoms with Crippen molar-refractivity contribution in [3.63, 3.8) is 0 Å². The van der Waals surface area contributed by atoms with Crippen LogP contribution in [-0.2, 0) is 11.3 Å². The molecule has 0 amide bonds. The fraction of sp³-hybridized carbons (Fsp3) is 0. The number of hydrogen-bond donors (Lipinski definition) is 4. The number of carbonyl (C=O) groups excluding carboxylic acids is 1. The van der Waals surface area contributed by atoms with Crippen molar-refractivity contribution in [1.29, 1.82) is 0 Å². The first-order valence-corrected chi connectivity index (χ1v) is 6.67. The van der Waals surface area contributed by atoms with E-state index >= 15 is 0 Å². The number of aromatic nitrogens is 3. The number of nitrogens with two attached hydrogens (primary N) is 1. The molecule has 0 aliphatic carbocycles. The maximum absolute atomic E-state index is 11.0. The molecule has 1 atom stereocenters. The van der Waals surface area contributed by atoms with Crippen LogP contribution in [0.2, 0.25) is 0 Å². The van der Waals surface area contributed by atoms with Gasteiger partial charge in [-0.15, -0.1) is 5.10 Å². The van der Waals surface area contributed by atoms with E-state index in [9.17, 15) is 13.6 Å². The van der Waals surface area contributed by atoms with Gasteiger partial charge < -0.3 is 20.3 Å². The van der Waals surface area contributed by atoms with Crippen molar-refractivity contribution >= 4 is 52.4 Å². The second-order valence-corrected chi connectivity index (χ2v) is 4.58. The third-order valence-corrected chi connectivity index (χ3v) is 2.75. The molecule has 2 aromatic rings. The van der Waals surface area contributed by atoms with Gasteiger partial charge in [-0.25, -0.2) is 0 Å². The van der Waals surface area contributed by atoms with Crippen LogP contribution in [0.3, 0.4) is 0 Å². The van der Waals surface area contributed by atoms with Gasteiger partial charge in [0.1, 0.15) is 0 Å². The minimum absolute atomic E-state index is 0.0902. The van der Waals surface area contributed by atoms with Gasteiger partial charge in [0, 0.05) is 22.6 Å². The minimum Gasteiger partial charge on any atom is -0.755 e. The van der Waals surface area contributed by atoms with Gasteiger partial charge >= 0.3 is 5.24 Å². The molecule has 0 bridgehead atoms. The van der Waals surface area contributed by atoms with Crippen molar-refractivity contribution in [1.82, 2.24) is 14.8 Å². The number of nitrogen functional groups attached to an aromatic ring is 1. The van der Waals surface area contributed by atoms with Crippen molar-refractivity contribution < 1.29 is 13.6 Å². The lowest BCUT2D eigenvalue weighted by Crippen LogP contribution is -2.08. The van der Waals surface area contributed by atoms with Crippen LogP contribution in [0.4, 0.5) is 28.1 Å². The Morgan fingerprint density at radius 2 is 1.95 bits per heavy atom. The standard InChI is InChI=1S/C9H10N6O3S2/c10-7-12-8(13-15(7)9(16)19)11-5-1-3-6(4-2-5)14-20(17)18/h1-4,14H,(H,16,19)(H,17,18)(H3,10,11,12,13)/p-1. The third-order valence-electron chi connectivity index (χ3n) is 2.16. The van der Waals surface area contributed by atoms with Crippen molar-refractivity contribution in [2.24, 2.45) is 0 Å². The van der Waals surface area contributed by atoms with Crippen molar-refractivity contribution in [3.05, 3.63) is 24.3 Å². The summed E-state index contributed by atoms with van der Waals surface area (Å²) in [7, 11) is 0. The van der Waals surface area contributed by atoms with E-state index in [2.05, 4.69) is 32.8 Å². The van der Waals surface area contributed by atoms with E-state index in [0.29, 0.717) is 11.4 Å². The zero-order valence-corrected chi connectivity index (χ0v) is 11.5. The Balaban J connectivity index is 2.12. The predicted molar refractivity (Wildman–Crippen MR) is 76.5 cm³/mol. The predicted octanol–water partition coefficient (Wildman–Crippen LogP) is 0.708. The van der Waals surface area contributed by atoms with Crippen LogP contribution in [-0.4, -0.2) is 28.8 Å². The first-order valence-electron chi connectivity index (χ1n) is 5.14. The number of hydrogen-bond acceptors (Lipinski definition) is 7. The van der Waals surface area contributed by atoms with E-state index in [0.717, 1.165) is 4.68 Å². The molecule has 9 nitrogen and oxygen atoms in total. The molecule has 2 rings (SSSR count). The normalized spacial score (nSPS) is 11.9. The lowest BCUT2D eigenvalue weighted by molar-refractivity contribution is 0.260. The quantitative estimate of drug-likeness (QED) is 0.481. The van der Waals surface area contributed by atoms with E-state index in [1.54, 1.807) is 24.3 Å². The molecule has 1 heterocycles. The molecule has 0 saturated carbocycles. The number of nitrogens with zero attached hydrogens (tertiary/aromatic N) is 3. The molecule has 0 radical (unpaired) electrons. The summed E-state index contributed by atoms with van der Waals surface area (Å²) in [4.78, 5) is 14.9. The molecule has 0 aliphatic heterocycles. The highest BCUT2D eigenvalue weighted by Gasteiger charge is 2.10. The van der Waals surface area contributed by atoms with Crippen molar-refractivity contribution in [2.75, 3.05) is 15.8 Å². The Labute approximate surface area is 121 Å². The summed E-state index contributed by atoms with van der Waals surface area (Å²) in [6, 6.07) is 6.30. The summed E-state index contributed by atoms with van der Waals surface area (Å²) in [6.45, 7) is 0.